The van der Waals surface area contributed by atoms with Crippen molar-refractivity contribution in [1.29, 1.82) is 0 Å². The zero-order chi connectivity index (χ0) is 12.6. The highest BCUT2D eigenvalue weighted by Gasteiger charge is 2.42. The highest BCUT2D eigenvalue weighted by molar-refractivity contribution is 5.85. The van der Waals surface area contributed by atoms with E-state index in [1.165, 1.54) is 38.5 Å². The van der Waals surface area contributed by atoms with E-state index in [0.717, 1.165) is 37.1 Å². The molecule has 19 heavy (non-hydrogen) atoms. The molecule has 0 spiro atoms. The molecule has 0 saturated heterocycles. The number of hydrogen-bond acceptors (Lipinski definition) is 2. The van der Waals surface area contributed by atoms with Crippen LogP contribution in [0.4, 0.5) is 0 Å². The van der Waals surface area contributed by atoms with Crippen LogP contribution in [0.1, 0.15) is 51.4 Å². The van der Waals surface area contributed by atoms with Gasteiger partial charge < -0.3 is 11.1 Å². The molecule has 0 aromatic heterocycles. The van der Waals surface area contributed by atoms with Crippen LogP contribution in [0.3, 0.4) is 0 Å². The fraction of sp³-hybridized carbons (Fsp3) is 0.933. The number of nitrogens with two attached hydrogens (primary N) is 1. The Hall–Kier alpha value is -0.280. The second-order valence-corrected chi connectivity index (χ2v) is 6.84. The molecule has 0 radical (unpaired) electrons. The minimum absolute atomic E-state index is 0. The van der Waals surface area contributed by atoms with Crippen molar-refractivity contribution in [3.63, 3.8) is 0 Å². The summed E-state index contributed by atoms with van der Waals surface area (Å²) in [5, 5.41) is 3.22. The minimum atomic E-state index is -0.225. The molecular weight excluding hydrogens is 260 g/mol. The molecule has 3 saturated carbocycles. The molecule has 3 N–H and O–H groups in total. The monoisotopic (exact) mass is 286 g/mol. The van der Waals surface area contributed by atoms with Crippen LogP contribution >= 0.6 is 12.4 Å². The van der Waals surface area contributed by atoms with Gasteiger partial charge in [-0.25, -0.2) is 0 Å². The number of amides is 1. The van der Waals surface area contributed by atoms with Crippen molar-refractivity contribution >= 4 is 18.3 Å². The number of nitrogens with one attached hydrogen (secondary N) is 1. The summed E-state index contributed by atoms with van der Waals surface area (Å²) in [4.78, 5) is 12.4. The van der Waals surface area contributed by atoms with Gasteiger partial charge in [0.05, 0.1) is 5.41 Å². The number of carbonyl (C=O) groups is 1. The van der Waals surface area contributed by atoms with E-state index >= 15 is 0 Å². The van der Waals surface area contributed by atoms with Crippen LogP contribution in [0.25, 0.3) is 0 Å². The smallest absolute Gasteiger partial charge is 0.227 e. The third kappa shape index (κ3) is 2.78. The normalized spacial score (nSPS) is 35.1. The molecule has 0 aliphatic heterocycles. The maximum Gasteiger partial charge on any atom is 0.227 e. The molecule has 1 amide bonds. The van der Waals surface area contributed by atoms with Gasteiger partial charge in [-0.2, -0.15) is 0 Å². The first-order valence-corrected chi connectivity index (χ1v) is 7.72. The van der Waals surface area contributed by atoms with E-state index in [0.29, 0.717) is 6.54 Å². The predicted octanol–water partition coefficient (Wildman–Crippen LogP) is 2.48. The molecule has 3 aliphatic rings. The number of fused-ring (bicyclic) bond motifs is 2. The minimum Gasteiger partial charge on any atom is -0.355 e. The summed E-state index contributed by atoms with van der Waals surface area (Å²) in [5.41, 5.74) is 5.63. The van der Waals surface area contributed by atoms with Crippen LogP contribution in [0.5, 0.6) is 0 Å². The number of carbonyl (C=O) groups excluding carboxylic acids is 1. The second kappa shape index (κ2) is 6.01. The summed E-state index contributed by atoms with van der Waals surface area (Å²) in [5.74, 6) is 2.86. The molecule has 0 aromatic rings. The third-order valence-corrected chi connectivity index (χ3v) is 5.84. The summed E-state index contributed by atoms with van der Waals surface area (Å²) >= 11 is 0. The van der Waals surface area contributed by atoms with Crippen LogP contribution in [0, 0.1) is 23.2 Å². The molecule has 110 valence electrons. The second-order valence-electron chi connectivity index (χ2n) is 6.84. The summed E-state index contributed by atoms with van der Waals surface area (Å²) in [7, 11) is 0. The molecular formula is C15H27ClN2O. The van der Waals surface area contributed by atoms with E-state index in [4.69, 9.17) is 5.73 Å². The first-order valence-electron chi connectivity index (χ1n) is 7.72. The molecule has 3 atom stereocenters. The van der Waals surface area contributed by atoms with Gasteiger partial charge >= 0.3 is 0 Å². The molecule has 3 rings (SSSR count). The van der Waals surface area contributed by atoms with Crippen molar-refractivity contribution in [2.45, 2.75) is 51.4 Å². The largest absolute Gasteiger partial charge is 0.355 e. The fourth-order valence-electron chi connectivity index (χ4n) is 4.61. The predicted molar refractivity (Wildman–Crippen MR) is 79.2 cm³/mol. The highest BCUT2D eigenvalue weighted by Crippen LogP contribution is 2.48. The van der Waals surface area contributed by atoms with Gasteiger partial charge in [-0.05, 0) is 49.9 Å². The molecule has 3 aliphatic carbocycles. The van der Waals surface area contributed by atoms with Gasteiger partial charge in [0, 0.05) is 13.1 Å². The Labute approximate surface area is 122 Å². The number of halogens is 1. The molecule has 3 unspecified atom stereocenters. The van der Waals surface area contributed by atoms with Gasteiger partial charge in [0.25, 0.3) is 0 Å². The topological polar surface area (TPSA) is 55.1 Å². The molecule has 3 nitrogen and oxygen atoms in total. The van der Waals surface area contributed by atoms with Crippen molar-refractivity contribution in [2.75, 3.05) is 13.1 Å². The lowest BCUT2D eigenvalue weighted by Crippen LogP contribution is -2.46. The van der Waals surface area contributed by atoms with Crippen LogP contribution in [0.2, 0.25) is 0 Å². The van der Waals surface area contributed by atoms with E-state index in [1.807, 2.05) is 0 Å². The van der Waals surface area contributed by atoms with E-state index in [9.17, 15) is 4.79 Å². The standard InChI is InChI=1S/C15H26N2O.ClH/c16-10-15(5-1-2-6-15)14(18)17-9-13-8-11-3-4-12(13)7-11;/h11-13H,1-10,16H2,(H,17,18);1H. The SMILES string of the molecule is Cl.NCC1(C(=O)NCC2CC3CCC2C3)CCCC1. The van der Waals surface area contributed by atoms with Gasteiger partial charge in [0.15, 0.2) is 0 Å². The highest BCUT2D eigenvalue weighted by atomic mass is 35.5. The molecule has 2 bridgehead atoms. The van der Waals surface area contributed by atoms with Gasteiger partial charge in [-0.15, -0.1) is 12.4 Å². The lowest BCUT2D eigenvalue weighted by molar-refractivity contribution is -0.130. The van der Waals surface area contributed by atoms with Crippen molar-refractivity contribution in [2.24, 2.45) is 28.9 Å². The van der Waals surface area contributed by atoms with Gasteiger partial charge in [0.1, 0.15) is 0 Å². The quantitative estimate of drug-likeness (QED) is 0.834. The maximum atomic E-state index is 12.4. The Bertz CT molecular complexity index is 328. The Morgan fingerprint density at radius 2 is 1.95 bits per heavy atom. The Kier molecular flexibility index (Phi) is 4.78. The van der Waals surface area contributed by atoms with E-state index in [2.05, 4.69) is 5.32 Å². The zero-order valence-corrected chi connectivity index (χ0v) is 12.5. The van der Waals surface area contributed by atoms with Crippen molar-refractivity contribution < 1.29 is 4.79 Å². The van der Waals surface area contributed by atoms with Crippen LogP contribution in [-0.4, -0.2) is 19.0 Å². The number of rotatable bonds is 4. The van der Waals surface area contributed by atoms with Crippen LogP contribution < -0.4 is 11.1 Å². The van der Waals surface area contributed by atoms with E-state index in [-0.39, 0.29) is 23.7 Å². The van der Waals surface area contributed by atoms with Gasteiger partial charge in [-0.1, -0.05) is 19.3 Å². The summed E-state index contributed by atoms with van der Waals surface area (Å²) in [6.45, 7) is 1.43. The lowest BCUT2D eigenvalue weighted by atomic mass is 9.84. The van der Waals surface area contributed by atoms with Crippen molar-refractivity contribution in [3.8, 4) is 0 Å². The van der Waals surface area contributed by atoms with Crippen molar-refractivity contribution in [3.05, 3.63) is 0 Å². The molecule has 0 aromatic carbocycles. The summed E-state index contributed by atoms with van der Waals surface area (Å²) in [6, 6.07) is 0. The van der Waals surface area contributed by atoms with Crippen molar-refractivity contribution in [1.82, 2.24) is 5.32 Å². The first kappa shape index (κ1) is 15.1. The maximum absolute atomic E-state index is 12.4. The Balaban J connectivity index is 0.00000133. The van der Waals surface area contributed by atoms with Crippen LogP contribution in [-0.2, 0) is 4.79 Å². The third-order valence-electron chi connectivity index (χ3n) is 5.84. The fourth-order valence-corrected chi connectivity index (χ4v) is 4.61. The molecule has 3 fully saturated rings. The number of hydrogen-bond donors (Lipinski definition) is 2. The van der Waals surface area contributed by atoms with E-state index < -0.39 is 0 Å². The van der Waals surface area contributed by atoms with Gasteiger partial charge in [0.2, 0.25) is 5.91 Å². The first-order chi connectivity index (χ1) is 8.73. The Morgan fingerprint density at radius 3 is 2.47 bits per heavy atom. The van der Waals surface area contributed by atoms with Gasteiger partial charge in [-0.3, -0.25) is 4.79 Å². The summed E-state index contributed by atoms with van der Waals surface area (Å²) < 4.78 is 0. The molecule has 4 heteroatoms. The zero-order valence-electron chi connectivity index (χ0n) is 11.7. The van der Waals surface area contributed by atoms with E-state index in [1.54, 1.807) is 0 Å². The average molecular weight is 287 g/mol. The average Bonchev–Trinajstić information content (AvgIpc) is 3.11. The summed E-state index contributed by atoms with van der Waals surface area (Å²) in [6.07, 6.45) is 9.91. The van der Waals surface area contributed by atoms with Crippen LogP contribution in [0.15, 0.2) is 0 Å². The molecule has 0 heterocycles. The Morgan fingerprint density at radius 1 is 1.21 bits per heavy atom. The lowest BCUT2D eigenvalue weighted by Gasteiger charge is -2.28.